The molecule has 10 nitrogen and oxygen atoms in total. The van der Waals surface area contributed by atoms with Gasteiger partial charge in [0.15, 0.2) is 5.76 Å². The Morgan fingerprint density at radius 3 is 2.71 bits per heavy atom. The second-order valence-corrected chi connectivity index (χ2v) is 8.38. The number of nitrogens with zero attached hydrogens (tertiary/aromatic N) is 5. The van der Waals surface area contributed by atoms with Gasteiger partial charge in [0.1, 0.15) is 11.4 Å². The van der Waals surface area contributed by atoms with Crippen molar-refractivity contribution in [3.8, 4) is 28.6 Å². The highest BCUT2D eigenvalue weighted by Crippen LogP contribution is 2.35. The summed E-state index contributed by atoms with van der Waals surface area (Å²) in [6.45, 7) is 2.63. The maximum Gasteiger partial charge on any atom is 0.306 e. The molecule has 1 saturated carbocycles. The van der Waals surface area contributed by atoms with E-state index in [1.54, 1.807) is 30.7 Å². The minimum absolute atomic E-state index is 0.0418. The van der Waals surface area contributed by atoms with Gasteiger partial charge >= 0.3 is 5.97 Å². The number of carbonyl (C=O) groups is 1. The first-order valence-electron chi connectivity index (χ1n) is 11.3. The Hall–Kier alpha value is -4.34. The van der Waals surface area contributed by atoms with Crippen molar-refractivity contribution in [2.75, 3.05) is 11.9 Å². The van der Waals surface area contributed by atoms with Gasteiger partial charge in [-0.1, -0.05) is 11.2 Å². The lowest BCUT2D eigenvalue weighted by molar-refractivity contribution is -0.148. The monoisotopic (exact) mass is 472 g/mol. The van der Waals surface area contributed by atoms with Crippen LogP contribution in [0.25, 0.3) is 22.8 Å². The Labute approximate surface area is 201 Å². The second-order valence-electron chi connectivity index (χ2n) is 8.38. The van der Waals surface area contributed by atoms with Crippen LogP contribution in [-0.4, -0.2) is 42.8 Å². The molecule has 1 fully saturated rings. The van der Waals surface area contributed by atoms with Gasteiger partial charge < -0.3 is 19.7 Å². The Bertz CT molecular complexity index is 1310. The first-order chi connectivity index (χ1) is 17.1. The normalized spacial score (nSPS) is 16.9. The van der Waals surface area contributed by atoms with Gasteiger partial charge in [-0.2, -0.15) is 0 Å². The van der Waals surface area contributed by atoms with Crippen LogP contribution in [0.1, 0.15) is 24.1 Å². The molecule has 4 aromatic rings. The van der Waals surface area contributed by atoms with Crippen LogP contribution < -0.4 is 10.1 Å². The number of anilines is 1. The molecule has 0 aromatic carbocycles. The molecular formula is C25H24N6O4. The first kappa shape index (κ1) is 22.5. The molecule has 2 N–H and O–H groups in total. The van der Waals surface area contributed by atoms with Crippen molar-refractivity contribution in [2.45, 2.75) is 26.3 Å². The van der Waals surface area contributed by atoms with E-state index in [2.05, 4.69) is 30.4 Å². The molecule has 1 aliphatic rings. The van der Waals surface area contributed by atoms with E-state index >= 15 is 0 Å². The number of aliphatic carboxylic acids is 1. The number of nitrogens with one attached hydrogen (secondary N) is 1. The van der Waals surface area contributed by atoms with Crippen molar-refractivity contribution in [3.05, 3.63) is 66.2 Å². The molecule has 0 unspecified atom stereocenters. The Morgan fingerprint density at radius 2 is 2.00 bits per heavy atom. The Morgan fingerprint density at radius 1 is 1.09 bits per heavy atom. The predicted molar refractivity (Wildman–Crippen MR) is 126 cm³/mol. The summed E-state index contributed by atoms with van der Waals surface area (Å²) in [6, 6.07) is 11.1. The molecular weight excluding hydrogens is 448 g/mol. The average Bonchev–Trinajstić information content (AvgIpc) is 3.23. The van der Waals surface area contributed by atoms with E-state index < -0.39 is 5.97 Å². The largest absolute Gasteiger partial charge is 0.492 e. The van der Waals surface area contributed by atoms with E-state index in [4.69, 9.17) is 9.26 Å². The molecule has 0 saturated heterocycles. The van der Waals surface area contributed by atoms with Crippen LogP contribution in [0.4, 0.5) is 5.95 Å². The highest BCUT2D eigenvalue weighted by molar-refractivity contribution is 5.71. The molecule has 0 aliphatic heterocycles. The van der Waals surface area contributed by atoms with Gasteiger partial charge in [0.2, 0.25) is 5.95 Å². The fourth-order valence-electron chi connectivity index (χ4n) is 3.96. The summed E-state index contributed by atoms with van der Waals surface area (Å²) in [5, 5.41) is 16.5. The second kappa shape index (κ2) is 9.88. The number of rotatable bonds is 9. The minimum Gasteiger partial charge on any atom is -0.492 e. The van der Waals surface area contributed by atoms with Gasteiger partial charge in [0.05, 0.1) is 35.8 Å². The van der Waals surface area contributed by atoms with Gasteiger partial charge in [-0.25, -0.2) is 15.0 Å². The molecule has 0 amide bonds. The topological polar surface area (TPSA) is 136 Å². The van der Waals surface area contributed by atoms with E-state index in [1.807, 2.05) is 31.2 Å². The fraction of sp³-hybridized carbons (Fsp3) is 0.280. The van der Waals surface area contributed by atoms with Gasteiger partial charge in [0, 0.05) is 30.4 Å². The molecule has 5 rings (SSSR count). The van der Waals surface area contributed by atoms with Crippen LogP contribution >= 0.6 is 0 Å². The zero-order valence-corrected chi connectivity index (χ0v) is 19.1. The molecule has 178 valence electrons. The van der Waals surface area contributed by atoms with Crippen molar-refractivity contribution in [2.24, 2.45) is 11.8 Å². The lowest BCUT2D eigenvalue weighted by Crippen LogP contribution is -2.36. The van der Waals surface area contributed by atoms with Crippen LogP contribution in [-0.2, 0) is 11.3 Å². The highest BCUT2D eigenvalue weighted by atomic mass is 16.5. The van der Waals surface area contributed by atoms with Crippen LogP contribution in [0.2, 0.25) is 0 Å². The van der Waals surface area contributed by atoms with E-state index in [-0.39, 0.29) is 11.8 Å². The van der Waals surface area contributed by atoms with Crippen LogP contribution in [0.5, 0.6) is 5.75 Å². The zero-order chi connectivity index (χ0) is 24.2. The summed E-state index contributed by atoms with van der Waals surface area (Å²) in [7, 11) is 0. The number of hydrogen-bond acceptors (Lipinski definition) is 9. The summed E-state index contributed by atoms with van der Waals surface area (Å²) < 4.78 is 11.3. The van der Waals surface area contributed by atoms with Crippen LogP contribution in [0.3, 0.4) is 0 Å². The van der Waals surface area contributed by atoms with Crippen molar-refractivity contribution in [1.82, 2.24) is 25.1 Å². The lowest BCUT2D eigenvalue weighted by Gasteiger charge is -2.32. The smallest absolute Gasteiger partial charge is 0.306 e. The molecule has 2 atom stereocenters. The van der Waals surface area contributed by atoms with Crippen molar-refractivity contribution < 1.29 is 19.2 Å². The summed E-state index contributed by atoms with van der Waals surface area (Å²) in [5.41, 5.74) is 3.68. The van der Waals surface area contributed by atoms with Crippen LogP contribution in [0, 0.1) is 18.8 Å². The summed E-state index contributed by atoms with van der Waals surface area (Å²) in [5.74, 6) is 0.567. The highest BCUT2D eigenvalue weighted by Gasteiger charge is 2.36. The number of aromatic nitrogens is 5. The Kier molecular flexibility index (Phi) is 6.34. The summed E-state index contributed by atoms with van der Waals surface area (Å²) in [6.07, 6.45) is 6.59. The summed E-state index contributed by atoms with van der Waals surface area (Å²) >= 11 is 0. The lowest BCUT2D eigenvalue weighted by atomic mass is 9.74. The summed E-state index contributed by atoms with van der Waals surface area (Å²) in [4.78, 5) is 28.8. The number of ether oxygens (including phenoxy) is 1. The molecule has 10 heteroatoms. The number of pyridine rings is 2. The third-order valence-electron chi connectivity index (χ3n) is 6.16. The SMILES string of the molecule is Cc1noc(-c2ccc(OC[C@@H]3CC[C@H]3C(=O)O)cn2)c1CNc1nccc(-c2ccccn2)n1. The first-order valence-corrected chi connectivity index (χ1v) is 11.3. The van der Waals surface area contributed by atoms with E-state index in [0.29, 0.717) is 42.7 Å². The average molecular weight is 473 g/mol. The number of carboxylic acids is 1. The van der Waals surface area contributed by atoms with Crippen LogP contribution in [0.15, 0.2) is 59.5 Å². The van der Waals surface area contributed by atoms with E-state index in [9.17, 15) is 9.90 Å². The van der Waals surface area contributed by atoms with Crippen molar-refractivity contribution >= 4 is 11.9 Å². The maximum absolute atomic E-state index is 11.2. The number of hydrogen-bond donors (Lipinski definition) is 2. The van der Waals surface area contributed by atoms with Gasteiger partial charge in [-0.3, -0.25) is 9.78 Å². The van der Waals surface area contributed by atoms with Crippen molar-refractivity contribution in [3.63, 3.8) is 0 Å². The van der Waals surface area contributed by atoms with Gasteiger partial charge in [-0.15, -0.1) is 0 Å². The van der Waals surface area contributed by atoms with E-state index in [0.717, 1.165) is 29.1 Å². The van der Waals surface area contributed by atoms with Gasteiger partial charge in [0.25, 0.3) is 0 Å². The number of carboxylic acid groups (broad SMARTS) is 1. The molecule has 0 bridgehead atoms. The molecule has 4 aromatic heterocycles. The third kappa shape index (κ3) is 4.96. The van der Waals surface area contributed by atoms with Crippen molar-refractivity contribution in [1.29, 1.82) is 0 Å². The number of aryl methyl sites for hydroxylation is 1. The third-order valence-corrected chi connectivity index (χ3v) is 6.16. The van der Waals surface area contributed by atoms with Gasteiger partial charge in [-0.05, 0) is 50.1 Å². The van der Waals surface area contributed by atoms with E-state index in [1.165, 1.54) is 0 Å². The molecule has 4 heterocycles. The Balaban J connectivity index is 1.25. The standard InChI is InChI=1S/C25H24N6O4/c1-15-19(13-29-25-27-11-9-21(30-25)20-4-2-3-10-26-20)23(35-31-15)22-8-6-17(12-28-22)34-14-16-5-7-18(16)24(32)33/h2-4,6,8-12,16,18H,5,7,13-14H2,1H3,(H,32,33)(H,27,29,30)/t16-,18+/m0/s1. The zero-order valence-electron chi connectivity index (χ0n) is 19.1. The predicted octanol–water partition coefficient (Wildman–Crippen LogP) is 4.00. The molecule has 0 radical (unpaired) electrons. The molecule has 1 aliphatic carbocycles. The maximum atomic E-state index is 11.2. The molecule has 0 spiro atoms. The minimum atomic E-state index is -0.756. The molecule has 35 heavy (non-hydrogen) atoms. The quantitative estimate of drug-likeness (QED) is 0.368. The fourth-order valence-corrected chi connectivity index (χ4v) is 3.96.